The number of ether oxygens (including phenoxy) is 2. The zero-order valence-corrected chi connectivity index (χ0v) is 17.8. The standard InChI is InChI=1S/C22H25N3O3S/c1-5-29-22-23-14(2)19(21(26)24-15-9-7-6-8-10-15)20(25-22)17-12-11-16(27-3)13-18(17)28-4/h6-13,20H,5H2,1-4H3,(H,23,25)(H,24,26)/t20-/m1/s1. The number of amides is 1. The predicted octanol–water partition coefficient (Wildman–Crippen LogP) is 4.37. The van der Waals surface area contributed by atoms with Crippen molar-refractivity contribution >= 4 is 28.5 Å². The number of hydrogen-bond donors (Lipinski definition) is 2. The van der Waals surface area contributed by atoms with Crippen molar-refractivity contribution in [3.63, 3.8) is 0 Å². The minimum Gasteiger partial charge on any atom is -0.497 e. The van der Waals surface area contributed by atoms with Gasteiger partial charge in [0.05, 0.1) is 19.8 Å². The molecule has 0 spiro atoms. The Morgan fingerprint density at radius 2 is 1.93 bits per heavy atom. The van der Waals surface area contributed by atoms with E-state index in [9.17, 15) is 4.79 Å². The number of amidine groups is 1. The molecule has 7 heteroatoms. The van der Waals surface area contributed by atoms with E-state index in [1.807, 2.05) is 55.5 Å². The topological polar surface area (TPSA) is 72.0 Å². The summed E-state index contributed by atoms with van der Waals surface area (Å²) in [5, 5.41) is 7.01. The number of aliphatic imine (C=N–C) groups is 1. The van der Waals surface area contributed by atoms with E-state index >= 15 is 0 Å². The van der Waals surface area contributed by atoms with Gasteiger partial charge in [-0.05, 0) is 36.9 Å². The maximum atomic E-state index is 13.2. The lowest BCUT2D eigenvalue weighted by atomic mass is 9.95. The number of allylic oxidation sites excluding steroid dienone is 1. The Labute approximate surface area is 175 Å². The summed E-state index contributed by atoms with van der Waals surface area (Å²) in [4.78, 5) is 18.0. The molecular weight excluding hydrogens is 386 g/mol. The average Bonchev–Trinajstić information content (AvgIpc) is 2.73. The van der Waals surface area contributed by atoms with Crippen LogP contribution in [-0.2, 0) is 4.79 Å². The molecule has 2 aromatic rings. The number of benzene rings is 2. The van der Waals surface area contributed by atoms with Crippen LogP contribution in [0.2, 0.25) is 0 Å². The molecule has 1 aliphatic heterocycles. The highest BCUT2D eigenvalue weighted by Gasteiger charge is 2.31. The van der Waals surface area contributed by atoms with Crippen LogP contribution in [0.1, 0.15) is 25.5 Å². The van der Waals surface area contributed by atoms with E-state index in [2.05, 4.69) is 17.6 Å². The summed E-state index contributed by atoms with van der Waals surface area (Å²) in [5.41, 5.74) is 2.86. The fourth-order valence-electron chi connectivity index (χ4n) is 3.14. The summed E-state index contributed by atoms with van der Waals surface area (Å²) < 4.78 is 10.9. The van der Waals surface area contributed by atoms with Crippen molar-refractivity contribution in [2.45, 2.75) is 19.9 Å². The van der Waals surface area contributed by atoms with Gasteiger partial charge >= 0.3 is 0 Å². The van der Waals surface area contributed by atoms with Crippen molar-refractivity contribution in [2.75, 3.05) is 25.3 Å². The predicted molar refractivity (Wildman–Crippen MR) is 119 cm³/mol. The third-order valence-electron chi connectivity index (χ3n) is 4.51. The van der Waals surface area contributed by atoms with Gasteiger partial charge in [0.25, 0.3) is 5.91 Å². The van der Waals surface area contributed by atoms with Gasteiger partial charge in [0, 0.05) is 23.0 Å². The van der Waals surface area contributed by atoms with E-state index in [-0.39, 0.29) is 5.91 Å². The Balaban J connectivity index is 2.03. The van der Waals surface area contributed by atoms with Gasteiger partial charge in [-0.25, -0.2) is 4.99 Å². The average molecular weight is 412 g/mol. The molecule has 1 heterocycles. The number of anilines is 1. The minimum atomic E-state index is -0.491. The maximum Gasteiger partial charge on any atom is 0.255 e. The number of rotatable bonds is 6. The molecule has 0 radical (unpaired) electrons. The maximum absolute atomic E-state index is 13.2. The van der Waals surface area contributed by atoms with Gasteiger partial charge in [0.2, 0.25) is 0 Å². The minimum absolute atomic E-state index is 0.201. The van der Waals surface area contributed by atoms with Gasteiger partial charge in [0.1, 0.15) is 17.5 Å². The molecule has 1 amide bonds. The number of nitrogens with one attached hydrogen (secondary N) is 2. The van der Waals surface area contributed by atoms with Gasteiger partial charge in [0.15, 0.2) is 5.17 Å². The summed E-state index contributed by atoms with van der Waals surface area (Å²) in [6, 6.07) is 14.5. The van der Waals surface area contributed by atoms with E-state index < -0.39 is 6.04 Å². The van der Waals surface area contributed by atoms with Gasteiger partial charge < -0.3 is 20.1 Å². The Kier molecular flexibility index (Phi) is 6.82. The van der Waals surface area contributed by atoms with Crippen molar-refractivity contribution in [2.24, 2.45) is 4.99 Å². The van der Waals surface area contributed by atoms with Crippen molar-refractivity contribution in [1.29, 1.82) is 0 Å². The van der Waals surface area contributed by atoms with Crippen LogP contribution in [0.15, 0.2) is 64.8 Å². The number of thioether (sulfide) groups is 1. The number of para-hydroxylation sites is 1. The molecule has 6 nitrogen and oxygen atoms in total. The third kappa shape index (κ3) is 4.74. The van der Waals surface area contributed by atoms with Crippen LogP contribution in [0, 0.1) is 0 Å². The van der Waals surface area contributed by atoms with Crippen LogP contribution in [0.3, 0.4) is 0 Å². The van der Waals surface area contributed by atoms with E-state index in [0.717, 1.165) is 27.9 Å². The smallest absolute Gasteiger partial charge is 0.255 e. The molecule has 1 atom stereocenters. The fraction of sp³-hybridized carbons (Fsp3) is 0.273. The second-order valence-electron chi connectivity index (χ2n) is 6.36. The highest BCUT2D eigenvalue weighted by Crippen LogP contribution is 2.39. The summed E-state index contributed by atoms with van der Waals surface area (Å²) in [7, 11) is 3.21. The van der Waals surface area contributed by atoms with E-state index in [0.29, 0.717) is 17.1 Å². The molecule has 3 rings (SSSR count). The van der Waals surface area contributed by atoms with Crippen LogP contribution < -0.4 is 20.1 Å². The van der Waals surface area contributed by atoms with Crippen LogP contribution in [-0.4, -0.2) is 31.0 Å². The highest BCUT2D eigenvalue weighted by molar-refractivity contribution is 8.13. The third-order valence-corrected chi connectivity index (χ3v) is 5.28. The Morgan fingerprint density at radius 3 is 2.59 bits per heavy atom. The van der Waals surface area contributed by atoms with Crippen LogP contribution in [0.4, 0.5) is 5.69 Å². The van der Waals surface area contributed by atoms with Crippen LogP contribution in [0.25, 0.3) is 0 Å². The SMILES string of the molecule is CCSC1=N[C@H](c2ccc(OC)cc2OC)C(C(=O)Nc2ccccc2)=C(C)N1. The molecule has 29 heavy (non-hydrogen) atoms. The zero-order valence-electron chi connectivity index (χ0n) is 17.0. The molecule has 0 saturated carbocycles. The number of carbonyl (C=O) groups is 1. The first-order valence-electron chi connectivity index (χ1n) is 9.34. The monoisotopic (exact) mass is 411 g/mol. The first-order valence-corrected chi connectivity index (χ1v) is 10.3. The van der Waals surface area contributed by atoms with Gasteiger partial charge in [-0.1, -0.05) is 36.9 Å². The van der Waals surface area contributed by atoms with E-state index in [1.165, 1.54) is 0 Å². The lowest BCUT2D eigenvalue weighted by molar-refractivity contribution is -0.113. The Hall–Kier alpha value is -2.93. The van der Waals surface area contributed by atoms with E-state index in [4.69, 9.17) is 14.5 Å². The highest BCUT2D eigenvalue weighted by atomic mass is 32.2. The molecule has 2 N–H and O–H groups in total. The molecule has 0 fully saturated rings. The molecule has 0 saturated heterocycles. The largest absolute Gasteiger partial charge is 0.497 e. The number of hydrogen-bond acceptors (Lipinski definition) is 6. The van der Waals surface area contributed by atoms with Crippen molar-refractivity contribution in [3.05, 3.63) is 65.4 Å². The van der Waals surface area contributed by atoms with Crippen LogP contribution >= 0.6 is 11.8 Å². The van der Waals surface area contributed by atoms with Gasteiger partial charge in [-0.3, -0.25) is 4.79 Å². The summed E-state index contributed by atoms with van der Waals surface area (Å²) in [6.07, 6.45) is 0. The van der Waals surface area contributed by atoms with Crippen molar-refractivity contribution in [1.82, 2.24) is 5.32 Å². The van der Waals surface area contributed by atoms with Crippen molar-refractivity contribution < 1.29 is 14.3 Å². The zero-order chi connectivity index (χ0) is 20.8. The van der Waals surface area contributed by atoms with Gasteiger partial charge in [-0.15, -0.1) is 0 Å². The molecular formula is C22H25N3O3S. The van der Waals surface area contributed by atoms with Gasteiger partial charge in [-0.2, -0.15) is 0 Å². The Morgan fingerprint density at radius 1 is 1.17 bits per heavy atom. The molecule has 2 aromatic carbocycles. The molecule has 0 bridgehead atoms. The lowest BCUT2D eigenvalue weighted by Gasteiger charge is -2.27. The number of nitrogens with zero attached hydrogens (tertiary/aromatic N) is 1. The second kappa shape index (κ2) is 9.52. The molecule has 1 aliphatic rings. The van der Waals surface area contributed by atoms with Crippen molar-refractivity contribution in [3.8, 4) is 11.5 Å². The first-order chi connectivity index (χ1) is 14.1. The Bertz CT molecular complexity index is 942. The second-order valence-corrected chi connectivity index (χ2v) is 7.61. The number of carbonyl (C=O) groups excluding carboxylic acids is 1. The summed E-state index contributed by atoms with van der Waals surface area (Å²) >= 11 is 1.60. The summed E-state index contributed by atoms with van der Waals surface area (Å²) in [6.45, 7) is 3.96. The quantitative estimate of drug-likeness (QED) is 0.739. The summed E-state index contributed by atoms with van der Waals surface area (Å²) in [5.74, 6) is 1.98. The molecule has 152 valence electrons. The van der Waals surface area contributed by atoms with Crippen LogP contribution in [0.5, 0.6) is 11.5 Å². The van der Waals surface area contributed by atoms with E-state index in [1.54, 1.807) is 26.0 Å². The molecule has 0 aromatic heterocycles. The number of methoxy groups -OCH3 is 2. The fourth-order valence-corrected chi connectivity index (χ4v) is 3.82. The normalized spacial score (nSPS) is 16.0. The first kappa shape index (κ1) is 20.8. The lowest BCUT2D eigenvalue weighted by Crippen LogP contribution is -2.32. The molecule has 0 aliphatic carbocycles. The molecule has 0 unspecified atom stereocenters.